The van der Waals surface area contributed by atoms with Gasteiger partial charge in [-0.05, 0) is 18.8 Å². The molecule has 13 heavy (non-hydrogen) atoms. The zero-order valence-corrected chi connectivity index (χ0v) is 8.88. The van der Waals surface area contributed by atoms with Gasteiger partial charge in [0.1, 0.15) is 0 Å². The first-order chi connectivity index (χ1) is 6.15. The molecular formula is C11H21NO. The van der Waals surface area contributed by atoms with Crippen LogP contribution in [0.15, 0.2) is 0 Å². The average molecular weight is 183 g/mol. The Morgan fingerprint density at radius 1 is 1.46 bits per heavy atom. The summed E-state index contributed by atoms with van der Waals surface area (Å²) in [5, 5.41) is 12.2. The highest BCUT2D eigenvalue weighted by molar-refractivity contribution is 4.99. The van der Waals surface area contributed by atoms with Gasteiger partial charge in [0, 0.05) is 12.6 Å². The number of terminal acetylenes is 1. The molecule has 2 nitrogen and oxygen atoms in total. The van der Waals surface area contributed by atoms with Crippen molar-refractivity contribution < 1.29 is 5.11 Å². The van der Waals surface area contributed by atoms with Crippen molar-refractivity contribution >= 4 is 0 Å². The monoisotopic (exact) mass is 183 g/mol. The van der Waals surface area contributed by atoms with E-state index in [4.69, 9.17) is 11.5 Å². The van der Waals surface area contributed by atoms with Crippen LogP contribution in [0.2, 0.25) is 0 Å². The van der Waals surface area contributed by atoms with Crippen molar-refractivity contribution in [3.63, 3.8) is 0 Å². The van der Waals surface area contributed by atoms with Gasteiger partial charge in [-0.3, -0.25) is 0 Å². The molecule has 0 bridgehead atoms. The number of hydrogen-bond donors (Lipinski definition) is 2. The Bertz CT molecular complexity index is 160. The van der Waals surface area contributed by atoms with Crippen molar-refractivity contribution in [3.05, 3.63) is 0 Å². The van der Waals surface area contributed by atoms with Gasteiger partial charge in [-0.25, -0.2) is 0 Å². The lowest BCUT2D eigenvalue weighted by molar-refractivity contribution is 0.240. The summed E-state index contributed by atoms with van der Waals surface area (Å²) >= 11 is 0. The molecule has 2 N–H and O–H groups in total. The SMILES string of the molecule is C#CC(CC)NC(CCO)C(C)C. The maximum atomic E-state index is 8.85. The molecule has 0 fully saturated rings. The van der Waals surface area contributed by atoms with E-state index in [1.54, 1.807) is 0 Å². The first kappa shape index (κ1) is 12.5. The minimum absolute atomic E-state index is 0.138. The summed E-state index contributed by atoms with van der Waals surface area (Å²) < 4.78 is 0. The third kappa shape index (κ3) is 4.92. The predicted octanol–water partition coefficient (Wildman–Crippen LogP) is 1.39. The van der Waals surface area contributed by atoms with E-state index in [-0.39, 0.29) is 12.6 Å². The lowest BCUT2D eigenvalue weighted by Crippen LogP contribution is -2.41. The summed E-state index contributed by atoms with van der Waals surface area (Å²) in [4.78, 5) is 0. The molecule has 0 aliphatic heterocycles. The van der Waals surface area contributed by atoms with Crippen LogP contribution in [0.25, 0.3) is 0 Å². The highest BCUT2D eigenvalue weighted by atomic mass is 16.3. The quantitative estimate of drug-likeness (QED) is 0.610. The van der Waals surface area contributed by atoms with E-state index in [1.165, 1.54) is 0 Å². The number of nitrogens with one attached hydrogen (secondary N) is 1. The van der Waals surface area contributed by atoms with Crippen LogP contribution in [0.1, 0.15) is 33.6 Å². The summed E-state index contributed by atoms with van der Waals surface area (Å²) in [5.74, 6) is 3.21. The van der Waals surface area contributed by atoms with Crippen LogP contribution in [-0.4, -0.2) is 23.8 Å². The van der Waals surface area contributed by atoms with Gasteiger partial charge < -0.3 is 10.4 Å². The highest BCUT2D eigenvalue weighted by Crippen LogP contribution is 2.07. The minimum Gasteiger partial charge on any atom is -0.396 e. The Morgan fingerprint density at radius 2 is 2.08 bits per heavy atom. The number of hydrogen-bond acceptors (Lipinski definition) is 2. The summed E-state index contributed by atoms with van der Waals surface area (Å²) in [6, 6.07) is 0.463. The zero-order valence-electron chi connectivity index (χ0n) is 8.88. The molecule has 2 atom stereocenters. The first-order valence-corrected chi connectivity index (χ1v) is 4.98. The Morgan fingerprint density at radius 3 is 2.38 bits per heavy atom. The number of aliphatic hydroxyl groups is 1. The fraction of sp³-hybridized carbons (Fsp3) is 0.818. The molecule has 0 saturated carbocycles. The van der Waals surface area contributed by atoms with Gasteiger partial charge in [0.25, 0.3) is 0 Å². The van der Waals surface area contributed by atoms with Crippen molar-refractivity contribution in [1.29, 1.82) is 0 Å². The second-order valence-corrected chi connectivity index (χ2v) is 3.66. The van der Waals surface area contributed by atoms with Crippen molar-refractivity contribution in [1.82, 2.24) is 5.32 Å². The fourth-order valence-corrected chi connectivity index (χ4v) is 1.29. The maximum Gasteiger partial charge on any atom is 0.0686 e. The summed E-state index contributed by atoms with van der Waals surface area (Å²) in [6.07, 6.45) is 7.06. The molecule has 0 aliphatic carbocycles. The van der Waals surface area contributed by atoms with E-state index < -0.39 is 0 Å². The lowest BCUT2D eigenvalue weighted by atomic mass is 10.00. The van der Waals surface area contributed by atoms with Gasteiger partial charge in [-0.1, -0.05) is 26.7 Å². The van der Waals surface area contributed by atoms with E-state index in [0.717, 1.165) is 12.8 Å². The van der Waals surface area contributed by atoms with Gasteiger partial charge in [0.05, 0.1) is 6.04 Å². The lowest BCUT2D eigenvalue weighted by Gasteiger charge is -2.24. The minimum atomic E-state index is 0.138. The summed E-state index contributed by atoms with van der Waals surface area (Å²) in [7, 11) is 0. The van der Waals surface area contributed by atoms with Gasteiger partial charge in [-0.15, -0.1) is 6.42 Å². The van der Waals surface area contributed by atoms with E-state index in [2.05, 4.69) is 32.0 Å². The molecule has 0 aliphatic rings. The Hall–Kier alpha value is -0.520. The average Bonchev–Trinajstić information content (AvgIpc) is 2.11. The van der Waals surface area contributed by atoms with Crippen LogP contribution in [0.4, 0.5) is 0 Å². The summed E-state index contributed by atoms with van der Waals surface area (Å²) in [6.45, 7) is 6.55. The number of rotatable bonds is 6. The molecule has 2 unspecified atom stereocenters. The molecular weight excluding hydrogens is 162 g/mol. The predicted molar refractivity (Wildman–Crippen MR) is 56.4 cm³/mol. The third-order valence-electron chi connectivity index (χ3n) is 2.27. The Balaban J connectivity index is 4.01. The fourth-order valence-electron chi connectivity index (χ4n) is 1.29. The van der Waals surface area contributed by atoms with Crippen molar-refractivity contribution in [2.24, 2.45) is 5.92 Å². The van der Waals surface area contributed by atoms with Crippen LogP contribution in [-0.2, 0) is 0 Å². The van der Waals surface area contributed by atoms with Gasteiger partial charge >= 0.3 is 0 Å². The Labute approximate surface area is 81.7 Å². The number of aliphatic hydroxyl groups excluding tert-OH is 1. The van der Waals surface area contributed by atoms with E-state index in [9.17, 15) is 0 Å². The molecule has 0 heterocycles. The topological polar surface area (TPSA) is 32.3 Å². The third-order valence-corrected chi connectivity index (χ3v) is 2.27. The molecule has 0 radical (unpaired) electrons. The van der Waals surface area contributed by atoms with Crippen molar-refractivity contribution in [3.8, 4) is 12.3 Å². The van der Waals surface area contributed by atoms with Gasteiger partial charge in [-0.2, -0.15) is 0 Å². The van der Waals surface area contributed by atoms with Crippen LogP contribution >= 0.6 is 0 Å². The molecule has 0 aromatic heterocycles. The van der Waals surface area contributed by atoms with Crippen LogP contribution in [0.5, 0.6) is 0 Å². The van der Waals surface area contributed by atoms with E-state index >= 15 is 0 Å². The van der Waals surface area contributed by atoms with Crippen molar-refractivity contribution in [2.75, 3.05) is 6.61 Å². The second-order valence-electron chi connectivity index (χ2n) is 3.66. The largest absolute Gasteiger partial charge is 0.396 e. The molecule has 0 spiro atoms. The zero-order chi connectivity index (χ0) is 10.3. The van der Waals surface area contributed by atoms with Crippen LogP contribution < -0.4 is 5.32 Å². The van der Waals surface area contributed by atoms with Crippen LogP contribution in [0.3, 0.4) is 0 Å². The smallest absolute Gasteiger partial charge is 0.0686 e. The molecule has 0 aromatic carbocycles. The van der Waals surface area contributed by atoms with E-state index in [1.807, 2.05) is 0 Å². The van der Waals surface area contributed by atoms with E-state index in [0.29, 0.717) is 12.0 Å². The molecule has 0 amide bonds. The maximum absolute atomic E-state index is 8.85. The molecule has 0 aromatic rings. The molecule has 0 saturated heterocycles. The standard InChI is InChI=1S/C11H21NO/c1-5-10(6-2)12-11(7-8-13)9(3)4/h1,9-13H,6-8H2,2-4H3. The normalized spacial score (nSPS) is 15.4. The van der Waals surface area contributed by atoms with Crippen molar-refractivity contribution in [2.45, 2.75) is 45.7 Å². The summed E-state index contributed by atoms with van der Waals surface area (Å²) in [5.41, 5.74) is 0. The molecule has 76 valence electrons. The Kier molecular flexibility index (Phi) is 6.66. The van der Waals surface area contributed by atoms with Gasteiger partial charge in [0.15, 0.2) is 0 Å². The highest BCUT2D eigenvalue weighted by Gasteiger charge is 2.14. The molecule has 0 rings (SSSR count). The first-order valence-electron chi connectivity index (χ1n) is 4.98. The van der Waals surface area contributed by atoms with Gasteiger partial charge in [0.2, 0.25) is 0 Å². The van der Waals surface area contributed by atoms with Crippen LogP contribution in [0, 0.1) is 18.3 Å². The molecule has 2 heteroatoms. The second kappa shape index (κ2) is 6.94.